The fourth-order valence-corrected chi connectivity index (χ4v) is 3.53. The molecule has 6 nitrogen and oxygen atoms in total. The standard InChI is InChI=1S/C14H22N2O4S/c1-11-7-13(4-3-12(11)8-15)21(17,18)16-9-14(19-2)5-6-20-10-14/h3-4,7,16H,5-6,8-10,15H2,1-2H3. The van der Waals surface area contributed by atoms with Crippen LogP contribution in [0.4, 0.5) is 0 Å². The molecule has 0 aromatic heterocycles. The first kappa shape index (κ1) is 16.4. The number of nitrogens with two attached hydrogens (primary N) is 1. The molecule has 3 N–H and O–H groups in total. The van der Waals surface area contributed by atoms with E-state index in [2.05, 4.69) is 4.72 Å². The van der Waals surface area contributed by atoms with Crippen molar-refractivity contribution in [2.45, 2.75) is 30.4 Å². The number of ether oxygens (including phenoxy) is 2. The van der Waals surface area contributed by atoms with Crippen molar-refractivity contribution in [3.63, 3.8) is 0 Å². The molecule has 118 valence electrons. The molecular weight excluding hydrogens is 292 g/mol. The molecule has 0 spiro atoms. The van der Waals surface area contributed by atoms with Crippen LogP contribution < -0.4 is 10.5 Å². The fourth-order valence-electron chi connectivity index (χ4n) is 2.34. The monoisotopic (exact) mass is 314 g/mol. The van der Waals surface area contributed by atoms with Crippen molar-refractivity contribution in [3.8, 4) is 0 Å². The summed E-state index contributed by atoms with van der Waals surface area (Å²) >= 11 is 0. The first-order valence-corrected chi connectivity index (χ1v) is 8.33. The van der Waals surface area contributed by atoms with Crippen molar-refractivity contribution in [2.24, 2.45) is 5.73 Å². The van der Waals surface area contributed by atoms with Gasteiger partial charge in [0.05, 0.1) is 11.5 Å². The summed E-state index contributed by atoms with van der Waals surface area (Å²) in [6, 6.07) is 4.95. The molecule has 7 heteroatoms. The Bertz CT molecular complexity index is 595. The largest absolute Gasteiger partial charge is 0.378 e. The normalized spacial score (nSPS) is 22.6. The lowest BCUT2D eigenvalue weighted by molar-refractivity contribution is -0.0120. The summed E-state index contributed by atoms with van der Waals surface area (Å²) in [7, 11) is -2.00. The molecule has 1 unspecified atom stereocenters. The van der Waals surface area contributed by atoms with Crippen molar-refractivity contribution >= 4 is 10.0 Å². The SMILES string of the molecule is COC1(CNS(=O)(=O)c2ccc(CN)c(C)c2)CCOC1. The van der Waals surface area contributed by atoms with Gasteiger partial charge in [0, 0.05) is 33.2 Å². The molecule has 1 aromatic carbocycles. The highest BCUT2D eigenvalue weighted by Crippen LogP contribution is 2.22. The number of hydrogen-bond donors (Lipinski definition) is 2. The van der Waals surface area contributed by atoms with E-state index in [0.717, 1.165) is 11.1 Å². The van der Waals surface area contributed by atoms with Crippen molar-refractivity contribution in [1.29, 1.82) is 0 Å². The van der Waals surface area contributed by atoms with E-state index in [1.54, 1.807) is 25.3 Å². The summed E-state index contributed by atoms with van der Waals surface area (Å²) in [6.45, 7) is 3.42. The third-order valence-corrected chi connectivity index (χ3v) is 5.33. The van der Waals surface area contributed by atoms with Crippen molar-refractivity contribution in [1.82, 2.24) is 4.72 Å². The minimum absolute atomic E-state index is 0.198. The summed E-state index contributed by atoms with van der Waals surface area (Å²) in [4.78, 5) is 0.238. The molecule has 0 radical (unpaired) electrons. The molecule has 0 aliphatic carbocycles. The van der Waals surface area contributed by atoms with Crippen molar-refractivity contribution in [2.75, 3.05) is 26.9 Å². The van der Waals surface area contributed by atoms with E-state index < -0.39 is 15.6 Å². The van der Waals surface area contributed by atoms with Gasteiger partial charge in [0.1, 0.15) is 5.60 Å². The highest BCUT2D eigenvalue weighted by Gasteiger charge is 2.36. The van der Waals surface area contributed by atoms with Gasteiger partial charge in [-0.2, -0.15) is 0 Å². The summed E-state index contributed by atoms with van der Waals surface area (Å²) in [5.41, 5.74) is 6.82. The number of benzene rings is 1. The summed E-state index contributed by atoms with van der Waals surface area (Å²) in [6.07, 6.45) is 0.678. The number of hydrogen-bond acceptors (Lipinski definition) is 5. The maximum Gasteiger partial charge on any atom is 0.240 e. The van der Waals surface area contributed by atoms with Crippen LogP contribution in [0.2, 0.25) is 0 Å². The number of methoxy groups -OCH3 is 1. The summed E-state index contributed by atoms with van der Waals surface area (Å²) in [5, 5.41) is 0. The Morgan fingerprint density at radius 2 is 2.24 bits per heavy atom. The zero-order valence-electron chi connectivity index (χ0n) is 12.4. The molecule has 1 aliphatic rings. The van der Waals surface area contributed by atoms with E-state index in [1.807, 2.05) is 6.92 Å². The van der Waals surface area contributed by atoms with E-state index in [1.165, 1.54) is 0 Å². The number of aryl methyl sites for hydroxylation is 1. The number of sulfonamides is 1. The Morgan fingerprint density at radius 3 is 2.76 bits per heavy atom. The van der Waals surface area contributed by atoms with Crippen LogP contribution >= 0.6 is 0 Å². The Balaban J connectivity index is 2.13. The van der Waals surface area contributed by atoms with Gasteiger partial charge in [-0.05, 0) is 30.2 Å². The highest BCUT2D eigenvalue weighted by molar-refractivity contribution is 7.89. The van der Waals surface area contributed by atoms with Crippen LogP contribution in [0.15, 0.2) is 23.1 Å². The molecule has 2 rings (SSSR count). The quantitative estimate of drug-likeness (QED) is 0.799. The van der Waals surface area contributed by atoms with Crippen LogP contribution in [0.3, 0.4) is 0 Å². The lowest BCUT2D eigenvalue weighted by Crippen LogP contribution is -2.44. The predicted molar refractivity (Wildman–Crippen MR) is 79.4 cm³/mol. The Labute approximate surface area is 125 Å². The third-order valence-electron chi connectivity index (χ3n) is 3.93. The van der Waals surface area contributed by atoms with Gasteiger partial charge < -0.3 is 15.2 Å². The Morgan fingerprint density at radius 1 is 1.48 bits per heavy atom. The average Bonchev–Trinajstić information content (AvgIpc) is 2.95. The topological polar surface area (TPSA) is 90.7 Å². The van der Waals surface area contributed by atoms with E-state index in [0.29, 0.717) is 26.2 Å². The molecule has 21 heavy (non-hydrogen) atoms. The Kier molecular flexibility index (Phi) is 5.00. The molecular formula is C14H22N2O4S. The van der Waals surface area contributed by atoms with Crippen LogP contribution in [0, 0.1) is 6.92 Å². The first-order valence-electron chi connectivity index (χ1n) is 6.85. The second-order valence-corrected chi connectivity index (χ2v) is 7.07. The van der Waals surface area contributed by atoms with Gasteiger partial charge in [-0.3, -0.25) is 0 Å². The third kappa shape index (κ3) is 3.61. The maximum absolute atomic E-state index is 12.4. The van der Waals surface area contributed by atoms with E-state index in [9.17, 15) is 8.42 Å². The lowest BCUT2D eigenvalue weighted by Gasteiger charge is -2.25. The van der Waals surface area contributed by atoms with Crippen molar-refractivity contribution < 1.29 is 17.9 Å². The van der Waals surface area contributed by atoms with E-state index in [4.69, 9.17) is 15.2 Å². The first-order chi connectivity index (χ1) is 9.92. The lowest BCUT2D eigenvalue weighted by atomic mass is 10.0. The van der Waals surface area contributed by atoms with Crippen LogP contribution in [-0.2, 0) is 26.0 Å². The highest BCUT2D eigenvalue weighted by atomic mass is 32.2. The van der Waals surface area contributed by atoms with E-state index >= 15 is 0 Å². The molecule has 1 atom stereocenters. The molecule has 0 amide bonds. The minimum Gasteiger partial charge on any atom is -0.378 e. The van der Waals surface area contributed by atoms with E-state index in [-0.39, 0.29) is 11.4 Å². The van der Waals surface area contributed by atoms with Gasteiger partial charge in [0.25, 0.3) is 0 Å². The van der Waals surface area contributed by atoms with Crippen LogP contribution in [0.25, 0.3) is 0 Å². The zero-order chi connectivity index (χ0) is 15.5. The van der Waals surface area contributed by atoms with Crippen LogP contribution in [0.1, 0.15) is 17.5 Å². The number of nitrogens with one attached hydrogen (secondary N) is 1. The predicted octanol–water partition coefficient (Wildman–Crippen LogP) is 0.538. The average molecular weight is 314 g/mol. The Hall–Kier alpha value is -0.990. The second-order valence-electron chi connectivity index (χ2n) is 5.31. The smallest absolute Gasteiger partial charge is 0.240 e. The molecule has 0 bridgehead atoms. The summed E-state index contributed by atoms with van der Waals surface area (Å²) < 4.78 is 38.0. The molecule has 1 heterocycles. The molecule has 1 saturated heterocycles. The molecule has 1 fully saturated rings. The van der Waals surface area contributed by atoms with Gasteiger partial charge in [-0.25, -0.2) is 13.1 Å². The minimum atomic E-state index is -3.57. The fraction of sp³-hybridized carbons (Fsp3) is 0.571. The molecule has 1 aliphatic heterocycles. The van der Waals surface area contributed by atoms with Gasteiger partial charge in [-0.1, -0.05) is 6.07 Å². The molecule has 1 aromatic rings. The number of rotatable bonds is 6. The second kappa shape index (κ2) is 6.41. The summed E-state index contributed by atoms with van der Waals surface area (Å²) in [5.74, 6) is 0. The zero-order valence-corrected chi connectivity index (χ0v) is 13.2. The maximum atomic E-state index is 12.4. The van der Waals surface area contributed by atoms with Gasteiger partial charge in [0.2, 0.25) is 10.0 Å². The van der Waals surface area contributed by atoms with Gasteiger partial charge in [0.15, 0.2) is 0 Å². The molecule has 0 saturated carbocycles. The van der Waals surface area contributed by atoms with Crippen molar-refractivity contribution in [3.05, 3.63) is 29.3 Å². The van der Waals surface area contributed by atoms with Gasteiger partial charge >= 0.3 is 0 Å². The van der Waals surface area contributed by atoms with Crippen LogP contribution in [-0.4, -0.2) is 40.9 Å². The van der Waals surface area contributed by atoms with Gasteiger partial charge in [-0.15, -0.1) is 0 Å². The van der Waals surface area contributed by atoms with Crippen LogP contribution in [0.5, 0.6) is 0 Å².